The lowest BCUT2D eigenvalue weighted by atomic mass is 10.2. The maximum absolute atomic E-state index is 10.8. The number of benzene rings is 1. The molecule has 1 aliphatic heterocycles. The van der Waals surface area contributed by atoms with Crippen molar-refractivity contribution in [2.24, 2.45) is 0 Å². The molecule has 1 aromatic carbocycles. The van der Waals surface area contributed by atoms with Crippen molar-refractivity contribution in [1.82, 2.24) is 25.0 Å². The molecule has 26 heavy (non-hydrogen) atoms. The largest absolute Gasteiger partial charge is 0.368 e. The highest BCUT2D eigenvalue weighted by atomic mass is 16.6. The van der Waals surface area contributed by atoms with Gasteiger partial charge in [0, 0.05) is 50.5 Å². The van der Waals surface area contributed by atoms with E-state index >= 15 is 0 Å². The zero-order valence-corrected chi connectivity index (χ0v) is 14.3. The second-order valence-electron chi connectivity index (χ2n) is 6.02. The minimum atomic E-state index is -0.383. The molecule has 1 saturated heterocycles. The molecule has 0 saturated carbocycles. The summed E-state index contributed by atoms with van der Waals surface area (Å²) in [4.78, 5) is 23.5. The van der Waals surface area contributed by atoms with Crippen LogP contribution in [0.25, 0.3) is 11.2 Å². The van der Waals surface area contributed by atoms with Crippen LogP contribution in [0.2, 0.25) is 0 Å². The van der Waals surface area contributed by atoms with Gasteiger partial charge in [-0.15, -0.1) is 5.10 Å². The number of rotatable bonds is 4. The quantitative estimate of drug-likeness (QED) is 0.512. The summed E-state index contributed by atoms with van der Waals surface area (Å²) in [5.74, 6) is 0.804. The van der Waals surface area contributed by atoms with Crippen molar-refractivity contribution in [3.63, 3.8) is 0 Å². The van der Waals surface area contributed by atoms with Gasteiger partial charge in [0.2, 0.25) is 0 Å². The third-order valence-corrected chi connectivity index (χ3v) is 4.59. The smallest absolute Gasteiger partial charge is 0.269 e. The topological polar surface area (TPSA) is 106 Å². The average Bonchev–Trinajstić information content (AvgIpc) is 3.11. The summed E-state index contributed by atoms with van der Waals surface area (Å²) < 4.78 is 1.76. The van der Waals surface area contributed by atoms with E-state index in [-0.39, 0.29) is 10.6 Å². The Kier molecular flexibility index (Phi) is 4.07. The van der Waals surface area contributed by atoms with Crippen LogP contribution >= 0.6 is 0 Å². The molecule has 0 amide bonds. The van der Waals surface area contributed by atoms with Crippen molar-refractivity contribution < 1.29 is 4.92 Å². The third kappa shape index (κ3) is 2.79. The molecular formula is C16H18N8O2. The number of anilines is 2. The van der Waals surface area contributed by atoms with Gasteiger partial charge in [0.05, 0.1) is 4.92 Å². The number of nitro benzene ring substituents is 1. The van der Waals surface area contributed by atoms with Gasteiger partial charge in [0.15, 0.2) is 17.0 Å². The molecule has 0 aliphatic carbocycles. The molecule has 2 aromatic heterocycles. The van der Waals surface area contributed by atoms with Gasteiger partial charge >= 0.3 is 0 Å². The first-order chi connectivity index (χ1) is 12.7. The van der Waals surface area contributed by atoms with Gasteiger partial charge < -0.3 is 9.80 Å². The first-order valence-electron chi connectivity index (χ1n) is 8.46. The first-order valence-corrected chi connectivity index (χ1v) is 8.46. The Labute approximate surface area is 149 Å². The maximum Gasteiger partial charge on any atom is 0.269 e. The van der Waals surface area contributed by atoms with Crippen LogP contribution in [0.1, 0.15) is 6.92 Å². The summed E-state index contributed by atoms with van der Waals surface area (Å²) in [7, 11) is 0. The van der Waals surface area contributed by atoms with Crippen LogP contribution in [-0.4, -0.2) is 56.1 Å². The van der Waals surface area contributed by atoms with E-state index in [2.05, 4.69) is 30.1 Å². The summed E-state index contributed by atoms with van der Waals surface area (Å²) in [6, 6.07) is 6.67. The lowest BCUT2D eigenvalue weighted by Crippen LogP contribution is -2.47. The van der Waals surface area contributed by atoms with Gasteiger partial charge in [-0.3, -0.25) is 10.1 Å². The number of aryl methyl sites for hydroxylation is 1. The molecule has 1 aliphatic rings. The van der Waals surface area contributed by atoms with Crippen LogP contribution in [-0.2, 0) is 6.54 Å². The maximum atomic E-state index is 10.8. The highest BCUT2D eigenvalue weighted by Crippen LogP contribution is 2.24. The standard InChI is InChI=1S/C16H18N8O2/c1-2-23-16-14(19-20-23)15(17-11-18-16)22-9-7-21(8-10-22)12-3-5-13(6-4-12)24(25)26/h3-6,11H,2,7-10H2,1H3. The number of nitrogens with zero attached hydrogens (tertiary/aromatic N) is 8. The summed E-state index contributed by atoms with van der Waals surface area (Å²) in [6.45, 7) is 5.86. The SMILES string of the molecule is CCn1nnc2c(N3CCN(c4ccc([N+](=O)[O-])cc4)CC3)ncnc21. The van der Waals surface area contributed by atoms with Crippen molar-refractivity contribution >= 4 is 28.4 Å². The van der Waals surface area contributed by atoms with Gasteiger partial charge in [0.1, 0.15) is 6.33 Å². The molecule has 0 bridgehead atoms. The molecule has 134 valence electrons. The second kappa shape index (κ2) is 6.54. The highest BCUT2D eigenvalue weighted by Gasteiger charge is 2.22. The van der Waals surface area contributed by atoms with Crippen LogP contribution in [0, 0.1) is 10.1 Å². The summed E-state index contributed by atoms with van der Waals surface area (Å²) in [6.07, 6.45) is 1.55. The van der Waals surface area contributed by atoms with Crippen LogP contribution in [0.3, 0.4) is 0 Å². The number of fused-ring (bicyclic) bond motifs is 1. The fraction of sp³-hybridized carbons (Fsp3) is 0.375. The molecule has 3 heterocycles. The van der Waals surface area contributed by atoms with Crippen molar-refractivity contribution in [2.45, 2.75) is 13.5 Å². The Morgan fingerprint density at radius 2 is 1.77 bits per heavy atom. The van der Waals surface area contributed by atoms with E-state index in [0.29, 0.717) is 6.54 Å². The minimum Gasteiger partial charge on any atom is -0.368 e. The Morgan fingerprint density at radius 3 is 2.42 bits per heavy atom. The highest BCUT2D eigenvalue weighted by molar-refractivity contribution is 5.82. The van der Waals surface area contributed by atoms with Gasteiger partial charge in [-0.05, 0) is 19.1 Å². The predicted octanol–water partition coefficient (Wildman–Crippen LogP) is 1.48. The number of nitro groups is 1. The molecule has 10 heteroatoms. The van der Waals surface area contributed by atoms with Crippen molar-refractivity contribution in [3.8, 4) is 0 Å². The van der Waals surface area contributed by atoms with E-state index in [1.54, 1.807) is 35.3 Å². The minimum absolute atomic E-state index is 0.106. The number of aromatic nitrogens is 5. The van der Waals surface area contributed by atoms with Crippen LogP contribution in [0.5, 0.6) is 0 Å². The molecule has 0 atom stereocenters. The molecule has 4 rings (SSSR count). The Bertz CT molecular complexity index is 931. The summed E-state index contributed by atoms with van der Waals surface area (Å²) in [5, 5.41) is 19.1. The van der Waals surface area contributed by atoms with E-state index in [9.17, 15) is 10.1 Å². The fourth-order valence-corrected chi connectivity index (χ4v) is 3.19. The molecule has 10 nitrogen and oxygen atoms in total. The van der Waals surface area contributed by atoms with Crippen molar-refractivity contribution in [1.29, 1.82) is 0 Å². The molecule has 3 aromatic rings. The fourth-order valence-electron chi connectivity index (χ4n) is 3.19. The molecule has 0 N–H and O–H groups in total. The van der Waals surface area contributed by atoms with E-state index in [0.717, 1.165) is 48.8 Å². The first kappa shape index (κ1) is 16.2. The predicted molar refractivity (Wildman–Crippen MR) is 96.3 cm³/mol. The third-order valence-electron chi connectivity index (χ3n) is 4.59. The average molecular weight is 354 g/mol. The summed E-state index contributed by atoms with van der Waals surface area (Å²) in [5.41, 5.74) is 2.56. The molecule has 0 spiro atoms. The Balaban J connectivity index is 1.50. The monoisotopic (exact) mass is 354 g/mol. The van der Waals surface area contributed by atoms with Crippen LogP contribution in [0.4, 0.5) is 17.2 Å². The number of hydrogen-bond donors (Lipinski definition) is 0. The second-order valence-corrected chi connectivity index (χ2v) is 6.02. The zero-order chi connectivity index (χ0) is 18.1. The molecule has 0 radical (unpaired) electrons. The van der Waals surface area contributed by atoms with Gasteiger partial charge in [0.25, 0.3) is 5.69 Å². The Hall–Kier alpha value is -3.30. The van der Waals surface area contributed by atoms with Gasteiger partial charge in [-0.1, -0.05) is 5.21 Å². The molecular weight excluding hydrogens is 336 g/mol. The van der Waals surface area contributed by atoms with Gasteiger partial charge in [-0.2, -0.15) is 0 Å². The van der Waals surface area contributed by atoms with E-state index < -0.39 is 0 Å². The normalized spacial score (nSPS) is 14.8. The lowest BCUT2D eigenvalue weighted by molar-refractivity contribution is -0.384. The molecule has 1 fully saturated rings. The van der Waals surface area contributed by atoms with Crippen LogP contribution < -0.4 is 9.80 Å². The summed E-state index contributed by atoms with van der Waals surface area (Å²) >= 11 is 0. The zero-order valence-electron chi connectivity index (χ0n) is 14.3. The lowest BCUT2D eigenvalue weighted by Gasteiger charge is -2.36. The van der Waals surface area contributed by atoms with Gasteiger partial charge in [-0.25, -0.2) is 14.6 Å². The number of hydrogen-bond acceptors (Lipinski definition) is 8. The number of non-ortho nitro benzene ring substituents is 1. The van der Waals surface area contributed by atoms with Crippen LogP contribution in [0.15, 0.2) is 30.6 Å². The van der Waals surface area contributed by atoms with Crippen molar-refractivity contribution in [2.75, 3.05) is 36.0 Å². The van der Waals surface area contributed by atoms with E-state index in [1.165, 1.54) is 0 Å². The Morgan fingerprint density at radius 1 is 1.08 bits per heavy atom. The van der Waals surface area contributed by atoms with Crippen molar-refractivity contribution in [3.05, 3.63) is 40.7 Å². The van der Waals surface area contributed by atoms with E-state index in [4.69, 9.17) is 0 Å². The molecule has 0 unspecified atom stereocenters. The van der Waals surface area contributed by atoms with E-state index in [1.807, 2.05) is 6.92 Å². The number of piperazine rings is 1.